The first kappa shape index (κ1) is 12.7. The lowest BCUT2D eigenvalue weighted by Gasteiger charge is -2.16. The third-order valence-electron chi connectivity index (χ3n) is 2.82. The summed E-state index contributed by atoms with van der Waals surface area (Å²) in [5.74, 6) is 0.148. The first-order valence-electron chi connectivity index (χ1n) is 5.63. The van der Waals surface area contributed by atoms with Gasteiger partial charge >= 0.3 is 0 Å². The zero-order chi connectivity index (χ0) is 12.3. The Bertz CT molecular complexity index is 419. The number of halogens is 2. The van der Waals surface area contributed by atoms with E-state index in [-0.39, 0.29) is 5.91 Å². The molecule has 1 aliphatic heterocycles. The average molecular weight is 318 g/mol. The lowest BCUT2D eigenvalue weighted by molar-refractivity contribution is -0.128. The molecule has 0 radical (unpaired) electrons. The van der Waals surface area contributed by atoms with Gasteiger partial charge in [0.05, 0.1) is 12.2 Å². The fourth-order valence-corrected chi connectivity index (χ4v) is 2.44. The molecule has 17 heavy (non-hydrogen) atoms. The van der Waals surface area contributed by atoms with E-state index in [4.69, 9.17) is 11.6 Å². The van der Waals surface area contributed by atoms with Crippen LogP contribution in [0.4, 0.5) is 5.69 Å². The number of likely N-dealkylation sites (tertiary alicyclic amines) is 1. The van der Waals surface area contributed by atoms with Crippen LogP contribution in [-0.4, -0.2) is 30.4 Å². The Morgan fingerprint density at radius 2 is 2.12 bits per heavy atom. The summed E-state index contributed by atoms with van der Waals surface area (Å²) in [6.45, 7) is 2.09. The Labute approximate surface area is 114 Å². The van der Waals surface area contributed by atoms with E-state index in [1.165, 1.54) is 0 Å². The smallest absolute Gasteiger partial charge is 0.241 e. The highest BCUT2D eigenvalue weighted by atomic mass is 79.9. The highest BCUT2D eigenvalue weighted by Gasteiger charge is 2.17. The first-order valence-corrected chi connectivity index (χ1v) is 6.80. The molecule has 92 valence electrons. The summed E-state index contributed by atoms with van der Waals surface area (Å²) >= 11 is 9.32. The number of nitrogens with one attached hydrogen (secondary N) is 1. The minimum absolute atomic E-state index is 0.148. The molecule has 0 spiro atoms. The van der Waals surface area contributed by atoms with Crippen molar-refractivity contribution in [2.45, 2.75) is 12.8 Å². The molecule has 1 aliphatic rings. The lowest BCUT2D eigenvalue weighted by atomic mass is 10.3. The van der Waals surface area contributed by atoms with E-state index >= 15 is 0 Å². The van der Waals surface area contributed by atoms with Crippen molar-refractivity contribution in [2.24, 2.45) is 0 Å². The van der Waals surface area contributed by atoms with Crippen LogP contribution in [0.1, 0.15) is 12.8 Å². The van der Waals surface area contributed by atoms with Crippen LogP contribution in [0.2, 0.25) is 5.02 Å². The molecule has 1 saturated heterocycles. The molecule has 1 aromatic carbocycles. The van der Waals surface area contributed by atoms with E-state index < -0.39 is 0 Å². The number of carbonyl (C=O) groups excluding carboxylic acids is 1. The van der Waals surface area contributed by atoms with Crippen LogP contribution in [0.15, 0.2) is 22.7 Å². The van der Waals surface area contributed by atoms with Crippen LogP contribution >= 0.6 is 27.5 Å². The van der Waals surface area contributed by atoms with E-state index in [0.29, 0.717) is 11.6 Å². The molecular formula is C12H14BrClN2O. The summed E-state index contributed by atoms with van der Waals surface area (Å²) in [6.07, 6.45) is 2.24. The first-order chi connectivity index (χ1) is 8.16. The second-order valence-electron chi connectivity index (χ2n) is 4.07. The SMILES string of the molecule is O=C(CNc1cc(Cl)ccc1Br)N1CCCC1. The number of anilines is 1. The molecule has 0 saturated carbocycles. The van der Waals surface area contributed by atoms with Crippen molar-refractivity contribution in [3.05, 3.63) is 27.7 Å². The molecule has 1 amide bonds. The monoisotopic (exact) mass is 316 g/mol. The van der Waals surface area contributed by atoms with Crippen LogP contribution < -0.4 is 5.32 Å². The summed E-state index contributed by atoms with van der Waals surface area (Å²) in [5.41, 5.74) is 0.852. The van der Waals surface area contributed by atoms with Crippen molar-refractivity contribution >= 4 is 39.1 Å². The topological polar surface area (TPSA) is 32.3 Å². The van der Waals surface area contributed by atoms with Gasteiger partial charge in [-0.2, -0.15) is 0 Å². The second-order valence-corrected chi connectivity index (χ2v) is 5.36. The Balaban J connectivity index is 1.92. The summed E-state index contributed by atoms with van der Waals surface area (Å²) < 4.78 is 0.913. The summed E-state index contributed by atoms with van der Waals surface area (Å²) in [5, 5.41) is 3.76. The second kappa shape index (κ2) is 5.74. The Morgan fingerprint density at radius 1 is 1.41 bits per heavy atom. The number of amides is 1. The van der Waals surface area contributed by atoms with E-state index in [1.54, 1.807) is 6.07 Å². The number of nitrogens with zero attached hydrogens (tertiary/aromatic N) is 1. The molecule has 1 aromatic rings. The zero-order valence-corrected chi connectivity index (χ0v) is 11.7. The third-order valence-corrected chi connectivity index (χ3v) is 3.74. The molecule has 1 heterocycles. The van der Waals surface area contributed by atoms with E-state index in [0.717, 1.165) is 36.1 Å². The fourth-order valence-electron chi connectivity index (χ4n) is 1.88. The molecule has 0 bridgehead atoms. The zero-order valence-electron chi connectivity index (χ0n) is 9.38. The van der Waals surface area contributed by atoms with E-state index in [9.17, 15) is 4.79 Å². The predicted octanol–water partition coefficient (Wildman–Crippen LogP) is 3.14. The minimum atomic E-state index is 0.148. The van der Waals surface area contributed by atoms with Gasteiger partial charge in [-0.1, -0.05) is 11.6 Å². The maximum absolute atomic E-state index is 11.8. The standard InChI is InChI=1S/C12H14BrClN2O/c13-10-4-3-9(14)7-11(10)15-8-12(17)16-5-1-2-6-16/h3-4,7,15H,1-2,5-6,8H2. The molecule has 0 aromatic heterocycles. The number of hydrogen-bond acceptors (Lipinski definition) is 2. The molecule has 2 rings (SSSR count). The Morgan fingerprint density at radius 3 is 2.82 bits per heavy atom. The average Bonchev–Trinajstić information content (AvgIpc) is 2.83. The molecule has 0 unspecified atom stereocenters. The van der Waals surface area contributed by atoms with Gasteiger partial charge in [-0.25, -0.2) is 0 Å². The Hall–Kier alpha value is -0.740. The number of rotatable bonds is 3. The Kier molecular flexibility index (Phi) is 4.29. The summed E-state index contributed by atoms with van der Waals surface area (Å²) in [4.78, 5) is 13.7. The predicted molar refractivity (Wildman–Crippen MR) is 73.5 cm³/mol. The van der Waals surface area contributed by atoms with Crippen molar-refractivity contribution in [3.63, 3.8) is 0 Å². The molecule has 5 heteroatoms. The van der Waals surface area contributed by atoms with Gasteiger partial charge in [0.2, 0.25) is 5.91 Å². The highest BCUT2D eigenvalue weighted by Crippen LogP contribution is 2.25. The van der Waals surface area contributed by atoms with Crippen molar-refractivity contribution in [2.75, 3.05) is 25.0 Å². The van der Waals surface area contributed by atoms with Gasteiger partial charge in [0.15, 0.2) is 0 Å². The number of carbonyl (C=O) groups is 1. The van der Waals surface area contributed by atoms with Crippen LogP contribution in [0.5, 0.6) is 0 Å². The van der Waals surface area contributed by atoms with Gasteiger partial charge in [0.1, 0.15) is 0 Å². The number of benzene rings is 1. The van der Waals surface area contributed by atoms with Crippen molar-refractivity contribution in [1.82, 2.24) is 4.90 Å². The third kappa shape index (κ3) is 3.36. The molecule has 1 fully saturated rings. The normalized spacial score (nSPS) is 15.1. The summed E-state index contributed by atoms with van der Waals surface area (Å²) in [7, 11) is 0. The van der Waals surface area contributed by atoms with Gasteiger partial charge in [-0.15, -0.1) is 0 Å². The maximum atomic E-state index is 11.8. The van der Waals surface area contributed by atoms with Crippen LogP contribution in [-0.2, 0) is 4.79 Å². The number of hydrogen-bond donors (Lipinski definition) is 1. The van der Waals surface area contributed by atoms with Crippen LogP contribution in [0, 0.1) is 0 Å². The van der Waals surface area contributed by atoms with E-state index in [1.807, 2.05) is 17.0 Å². The molecule has 0 aliphatic carbocycles. The molecule has 3 nitrogen and oxygen atoms in total. The minimum Gasteiger partial charge on any atom is -0.375 e. The van der Waals surface area contributed by atoms with Gasteiger partial charge in [0.25, 0.3) is 0 Å². The fraction of sp³-hybridized carbons (Fsp3) is 0.417. The molecular weight excluding hydrogens is 304 g/mol. The summed E-state index contributed by atoms with van der Waals surface area (Å²) in [6, 6.07) is 5.48. The molecule has 1 N–H and O–H groups in total. The largest absolute Gasteiger partial charge is 0.375 e. The van der Waals surface area contributed by atoms with Gasteiger partial charge < -0.3 is 10.2 Å². The molecule has 0 atom stereocenters. The van der Waals surface area contributed by atoms with Crippen LogP contribution in [0.3, 0.4) is 0 Å². The van der Waals surface area contributed by atoms with Gasteiger partial charge in [0, 0.05) is 22.6 Å². The van der Waals surface area contributed by atoms with Gasteiger partial charge in [-0.3, -0.25) is 4.79 Å². The van der Waals surface area contributed by atoms with Gasteiger partial charge in [-0.05, 0) is 47.0 Å². The maximum Gasteiger partial charge on any atom is 0.241 e. The van der Waals surface area contributed by atoms with Crippen molar-refractivity contribution < 1.29 is 4.79 Å². The van der Waals surface area contributed by atoms with E-state index in [2.05, 4.69) is 21.2 Å². The quantitative estimate of drug-likeness (QED) is 0.929. The van der Waals surface area contributed by atoms with Crippen molar-refractivity contribution in [1.29, 1.82) is 0 Å². The highest BCUT2D eigenvalue weighted by molar-refractivity contribution is 9.10. The lowest BCUT2D eigenvalue weighted by Crippen LogP contribution is -2.33. The van der Waals surface area contributed by atoms with Crippen LogP contribution in [0.25, 0.3) is 0 Å². The van der Waals surface area contributed by atoms with Crippen molar-refractivity contribution in [3.8, 4) is 0 Å².